The van der Waals surface area contributed by atoms with Gasteiger partial charge in [0.2, 0.25) is 0 Å². The van der Waals surface area contributed by atoms with Crippen LogP contribution in [0.1, 0.15) is 5.56 Å². The van der Waals surface area contributed by atoms with Gasteiger partial charge in [-0.15, -0.1) is 0 Å². The molecule has 4 aromatic rings. The Hall–Kier alpha value is -2.58. The molecule has 3 aromatic carbocycles. The first-order valence-corrected chi connectivity index (χ1v) is 8.69. The van der Waals surface area contributed by atoms with Crippen molar-refractivity contribution >= 4 is 39.1 Å². The van der Waals surface area contributed by atoms with Gasteiger partial charge in [-0.1, -0.05) is 76.6 Å². The third kappa shape index (κ3) is 2.93. The van der Waals surface area contributed by atoms with Gasteiger partial charge in [-0.2, -0.15) is 0 Å². The zero-order valence-corrected chi connectivity index (χ0v) is 14.6. The second kappa shape index (κ2) is 6.50. The minimum absolute atomic E-state index is 1.09. The fourth-order valence-corrected chi connectivity index (χ4v) is 3.29. The molecule has 0 spiro atoms. The smallest absolute Gasteiger partial charge is 0.0529 e. The minimum Gasteiger partial charge on any atom is -0.323 e. The molecule has 0 bridgehead atoms. The van der Waals surface area contributed by atoms with Crippen molar-refractivity contribution in [1.82, 2.24) is 4.57 Å². The van der Waals surface area contributed by atoms with Crippen LogP contribution in [0.15, 0.2) is 89.5 Å². The van der Waals surface area contributed by atoms with Crippen LogP contribution in [-0.4, -0.2) is 4.57 Å². The molecule has 0 aliphatic heterocycles. The van der Waals surface area contributed by atoms with E-state index in [1.165, 1.54) is 27.6 Å². The molecule has 0 unspecified atom stereocenters. The van der Waals surface area contributed by atoms with Crippen molar-refractivity contribution in [3.8, 4) is 11.1 Å². The molecule has 0 fully saturated rings. The first kappa shape index (κ1) is 15.0. The Morgan fingerprint density at radius 1 is 0.792 bits per heavy atom. The summed E-state index contributed by atoms with van der Waals surface area (Å²) in [6.45, 7) is 0. The maximum atomic E-state index is 3.60. The standard InChI is InChI=1S/C22H16BrN/c23-19-11-12-22-20(15-19)21(18-9-5-2-6-10-18)16-24(22)14-13-17-7-3-1-4-8-17/h1-16H/b14-13+. The van der Waals surface area contributed by atoms with Gasteiger partial charge in [0, 0.05) is 27.8 Å². The van der Waals surface area contributed by atoms with Crippen molar-refractivity contribution in [3.63, 3.8) is 0 Å². The number of rotatable bonds is 3. The monoisotopic (exact) mass is 373 g/mol. The lowest BCUT2D eigenvalue weighted by Gasteiger charge is -1.99. The van der Waals surface area contributed by atoms with Crippen molar-refractivity contribution in [3.05, 3.63) is 95.1 Å². The zero-order chi connectivity index (χ0) is 16.4. The molecule has 24 heavy (non-hydrogen) atoms. The normalized spacial score (nSPS) is 11.4. The van der Waals surface area contributed by atoms with Gasteiger partial charge >= 0.3 is 0 Å². The molecule has 0 aliphatic carbocycles. The Kier molecular flexibility index (Phi) is 4.06. The highest BCUT2D eigenvalue weighted by Gasteiger charge is 2.09. The Balaban J connectivity index is 1.86. The Bertz CT molecular complexity index is 998. The Morgan fingerprint density at radius 2 is 1.50 bits per heavy atom. The van der Waals surface area contributed by atoms with Gasteiger partial charge in [0.1, 0.15) is 0 Å². The SMILES string of the molecule is Brc1ccc2c(c1)c(-c1ccccc1)cn2/C=C/c1ccccc1. The molecular formula is C22H16BrN. The maximum Gasteiger partial charge on any atom is 0.0529 e. The molecule has 0 atom stereocenters. The highest BCUT2D eigenvalue weighted by Crippen LogP contribution is 2.32. The van der Waals surface area contributed by atoms with E-state index in [1.54, 1.807) is 0 Å². The van der Waals surface area contributed by atoms with Crippen LogP contribution in [-0.2, 0) is 0 Å². The Morgan fingerprint density at radius 3 is 2.25 bits per heavy atom. The van der Waals surface area contributed by atoms with E-state index >= 15 is 0 Å². The summed E-state index contributed by atoms with van der Waals surface area (Å²) in [5.74, 6) is 0. The molecule has 0 aliphatic rings. The van der Waals surface area contributed by atoms with Crippen LogP contribution >= 0.6 is 15.9 Å². The van der Waals surface area contributed by atoms with E-state index < -0.39 is 0 Å². The van der Waals surface area contributed by atoms with Gasteiger partial charge in [0.25, 0.3) is 0 Å². The van der Waals surface area contributed by atoms with Gasteiger partial charge in [0.15, 0.2) is 0 Å². The van der Waals surface area contributed by atoms with Gasteiger partial charge in [0.05, 0.1) is 5.52 Å². The third-order valence-electron chi connectivity index (χ3n) is 4.11. The quantitative estimate of drug-likeness (QED) is 0.376. The van der Waals surface area contributed by atoms with Crippen LogP contribution in [0, 0.1) is 0 Å². The number of halogens is 1. The summed E-state index contributed by atoms with van der Waals surface area (Å²) in [5.41, 5.74) is 4.86. The van der Waals surface area contributed by atoms with E-state index in [1.807, 2.05) is 12.1 Å². The van der Waals surface area contributed by atoms with E-state index in [-0.39, 0.29) is 0 Å². The lowest BCUT2D eigenvalue weighted by molar-refractivity contribution is 1.23. The fraction of sp³-hybridized carbons (Fsp3) is 0. The topological polar surface area (TPSA) is 4.93 Å². The number of fused-ring (bicyclic) bond motifs is 1. The average Bonchev–Trinajstić information content (AvgIpc) is 2.99. The molecule has 4 rings (SSSR count). The van der Waals surface area contributed by atoms with E-state index in [9.17, 15) is 0 Å². The summed E-state index contributed by atoms with van der Waals surface area (Å²) in [6.07, 6.45) is 6.46. The summed E-state index contributed by atoms with van der Waals surface area (Å²) in [4.78, 5) is 0. The van der Waals surface area contributed by atoms with Crippen LogP contribution in [0.4, 0.5) is 0 Å². The van der Waals surface area contributed by atoms with Gasteiger partial charge in [-0.25, -0.2) is 0 Å². The summed E-state index contributed by atoms with van der Waals surface area (Å²) in [7, 11) is 0. The second-order valence-corrected chi connectivity index (χ2v) is 6.62. The molecule has 1 nitrogen and oxygen atoms in total. The van der Waals surface area contributed by atoms with Crippen LogP contribution in [0.5, 0.6) is 0 Å². The van der Waals surface area contributed by atoms with E-state index in [4.69, 9.17) is 0 Å². The van der Waals surface area contributed by atoms with Gasteiger partial charge in [-0.3, -0.25) is 0 Å². The van der Waals surface area contributed by atoms with Gasteiger partial charge < -0.3 is 4.57 Å². The fourth-order valence-electron chi connectivity index (χ4n) is 2.93. The summed E-state index contributed by atoms with van der Waals surface area (Å²) in [5, 5.41) is 1.24. The first-order valence-electron chi connectivity index (χ1n) is 7.90. The predicted molar refractivity (Wildman–Crippen MR) is 107 cm³/mol. The van der Waals surface area contributed by atoms with E-state index in [2.05, 4.69) is 106 Å². The highest BCUT2D eigenvalue weighted by molar-refractivity contribution is 9.10. The molecule has 116 valence electrons. The van der Waals surface area contributed by atoms with Gasteiger partial charge in [-0.05, 0) is 35.4 Å². The van der Waals surface area contributed by atoms with Crippen molar-refractivity contribution in [1.29, 1.82) is 0 Å². The number of nitrogens with zero attached hydrogens (tertiary/aromatic N) is 1. The predicted octanol–water partition coefficient (Wildman–Crippen LogP) is 6.70. The number of hydrogen-bond acceptors (Lipinski definition) is 0. The molecule has 0 amide bonds. The van der Waals surface area contributed by atoms with Crippen LogP contribution in [0.2, 0.25) is 0 Å². The molecule has 0 N–H and O–H groups in total. The molecular weight excluding hydrogens is 358 g/mol. The average molecular weight is 374 g/mol. The molecule has 0 saturated carbocycles. The molecule has 1 heterocycles. The Labute approximate surface area is 150 Å². The van der Waals surface area contributed by atoms with Crippen molar-refractivity contribution in [2.75, 3.05) is 0 Å². The van der Waals surface area contributed by atoms with Crippen LogP contribution in [0.25, 0.3) is 34.3 Å². The first-order chi connectivity index (χ1) is 11.8. The lowest BCUT2D eigenvalue weighted by atomic mass is 10.1. The minimum atomic E-state index is 1.09. The van der Waals surface area contributed by atoms with Crippen molar-refractivity contribution in [2.24, 2.45) is 0 Å². The van der Waals surface area contributed by atoms with Crippen LogP contribution < -0.4 is 0 Å². The number of hydrogen-bond donors (Lipinski definition) is 0. The van der Waals surface area contributed by atoms with E-state index in [0.29, 0.717) is 0 Å². The molecule has 0 radical (unpaired) electrons. The number of aromatic nitrogens is 1. The number of benzene rings is 3. The lowest BCUT2D eigenvalue weighted by Crippen LogP contribution is -1.82. The maximum absolute atomic E-state index is 3.60. The zero-order valence-electron chi connectivity index (χ0n) is 13.1. The largest absolute Gasteiger partial charge is 0.323 e. The molecule has 2 heteroatoms. The summed E-state index contributed by atoms with van der Waals surface area (Å²) < 4.78 is 3.29. The van der Waals surface area contributed by atoms with Crippen molar-refractivity contribution in [2.45, 2.75) is 0 Å². The summed E-state index contributed by atoms with van der Waals surface area (Å²) >= 11 is 3.60. The highest BCUT2D eigenvalue weighted by atomic mass is 79.9. The third-order valence-corrected chi connectivity index (χ3v) is 4.60. The second-order valence-electron chi connectivity index (χ2n) is 5.70. The van der Waals surface area contributed by atoms with E-state index in [0.717, 1.165) is 4.47 Å². The summed E-state index contributed by atoms with van der Waals surface area (Å²) in [6, 6.07) is 27.3. The van der Waals surface area contributed by atoms with Crippen molar-refractivity contribution < 1.29 is 0 Å². The molecule has 0 saturated heterocycles. The molecule has 1 aromatic heterocycles. The van der Waals surface area contributed by atoms with Crippen LogP contribution in [0.3, 0.4) is 0 Å².